The van der Waals surface area contributed by atoms with Crippen LogP contribution in [0.1, 0.15) is 29.3 Å². The summed E-state index contributed by atoms with van der Waals surface area (Å²) in [6, 6.07) is 6.48. The summed E-state index contributed by atoms with van der Waals surface area (Å²) < 4.78 is 12.9. The van der Waals surface area contributed by atoms with Crippen LogP contribution in [0.25, 0.3) is 0 Å². The number of benzene rings is 1. The van der Waals surface area contributed by atoms with E-state index in [-0.39, 0.29) is 5.82 Å². The van der Waals surface area contributed by atoms with Crippen LogP contribution in [0.4, 0.5) is 4.39 Å². The molecule has 2 aromatic rings. The normalized spacial score (nSPS) is 12.7. The maximum absolute atomic E-state index is 12.9. The summed E-state index contributed by atoms with van der Waals surface area (Å²) in [7, 11) is 0. The molecule has 1 atom stereocenters. The van der Waals surface area contributed by atoms with E-state index in [1.165, 1.54) is 23.5 Å². The molecular formula is C12H12FNOS. The molecule has 1 aromatic carbocycles. The fourth-order valence-corrected chi connectivity index (χ4v) is 2.33. The van der Waals surface area contributed by atoms with Gasteiger partial charge in [-0.3, -0.25) is 0 Å². The van der Waals surface area contributed by atoms with Crippen molar-refractivity contribution in [1.29, 1.82) is 0 Å². The van der Waals surface area contributed by atoms with Crippen LogP contribution in [-0.4, -0.2) is 10.1 Å². The Morgan fingerprint density at radius 3 is 2.94 bits per heavy atom. The number of rotatable bonds is 3. The molecule has 1 heterocycles. The Bertz CT molecular complexity index is 481. The van der Waals surface area contributed by atoms with Crippen molar-refractivity contribution in [2.24, 2.45) is 0 Å². The zero-order chi connectivity index (χ0) is 11.5. The average molecular weight is 237 g/mol. The van der Waals surface area contributed by atoms with Crippen LogP contribution < -0.4 is 0 Å². The van der Waals surface area contributed by atoms with E-state index in [0.717, 1.165) is 10.6 Å². The first-order valence-corrected chi connectivity index (χ1v) is 5.90. The topological polar surface area (TPSA) is 33.1 Å². The first kappa shape index (κ1) is 11.2. The van der Waals surface area contributed by atoms with Gasteiger partial charge in [-0.25, -0.2) is 9.37 Å². The Morgan fingerprint density at radius 1 is 1.50 bits per heavy atom. The molecule has 84 valence electrons. The molecule has 2 rings (SSSR count). The molecule has 1 N–H and O–H groups in total. The number of hydrogen-bond donors (Lipinski definition) is 1. The fourth-order valence-electron chi connectivity index (χ4n) is 1.42. The van der Waals surface area contributed by atoms with Gasteiger partial charge < -0.3 is 5.11 Å². The van der Waals surface area contributed by atoms with Gasteiger partial charge in [0.25, 0.3) is 0 Å². The van der Waals surface area contributed by atoms with Crippen LogP contribution in [0.5, 0.6) is 0 Å². The van der Waals surface area contributed by atoms with E-state index in [2.05, 4.69) is 4.98 Å². The Balaban J connectivity index is 2.14. The van der Waals surface area contributed by atoms with E-state index < -0.39 is 6.10 Å². The molecule has 1 unspecified atom stereocenters. The van der Waals surface area contributed by atoms with Crippen molar-refractivity contribution in [1.82, 2.24) is 4.98 Å². The first-order valence-electron chi connectivity index (χ1n) is 5.02. The standard InChI is InChI=1S/C12H12FNOS/c1-8(15)11-7-16-12(14-11)6-9-3-2-4-10(13)5-9/h2-5,7-8,15H,6H2,1H3. The Labute approximate surface area is 97.4 Å². The van der Waals surface area contributed by atoms with Crippen LogP contribution >= 0.6 is 11.3 Å². The number of hydrogen-bond acceptors (Lipinski definition) is 3. The number of thiazole rings is 1. The quantitative estimate of drug-likeness (QED) is 0.890. The lowest BCUT2D eigenvalue weighted by Crippen LogP contribution is -1.93. The highest BCUT2D eigenvalue weighted by atomic mass is 32.1. The SMILES string of the molecule is CC(O)c1csc(Cc2cccc(F)c2)n1. The molecule has 0 aliphatic heterocycles. The number of halogens is 1. The molecule has 2 nitrogen and oxygen atoms in total. The van der Waals surface area contributed by atoms with E-state index in [1.807, 2.05) is 11.4 Å². The number of nitrogens with zero attached hydrogens (tertiary/aromatic N) is 1. The van der Waals surface area contributed by atoms with Crippen LogP contribution in [0, 0.1) is 5.82 Å². The third kappa shape index (κ3) is 2.65. The zero-order valence-corrected chi connectivity index (χ0v) is 9.67. The molecule has 0 fully saturated rings. The van der Waals surface area contributed by atoms with Crippen LogP contribution in [0.15, 0.2) is 29.6 Å². The maximum atomic E-state index is 12.9. The predicted octanol–water partition coefficient (Wildman–Crippen LogP) is 2.93. The Hall–Kier alpha value is -1.26. The smallest absolute Gasteiger partial charge is 0.123 e. The van der Waals surface area contributed by atoms with Gasteiger partial charge in [-0.05, 0) is 24.6 Å². The Kier molecular flexibility index (Phi) is 3.31. The summed E-state index contributed by atoms with van der Waals surface area (Å²) >= 11 is 1.49. The van der Waals surface area contributed by atoms with Gasteiger partial charge in [0, 0.05) is 11.8 Å². The molecule has 0 saturated carbocycles. The van der Waals surface area contributed by atoms with E-state index in [9.17, 15) is 9.50 Å². The molecule has 1 aromatic heterocycles. The third-order valence-corrected chi connectivity index (χ3v) is 3.11. The maximum Gasteiger partial charge on any atom is 0.123 e. The largest absolute Gasteiger partial charge is 0.387 e. The second-order valence-electron chi connectivity index (χ2n) is 3.65. The van der Waals surface area contributed by atoms with Crippen molar-refractivity contribution in [2.45, 2.75) is 19.4 Å². The lowest BCUT2D eigenvalue weighted by atomic mass is 10.1. The molecule has 0 saturated heterocycles. The van der Waals surface area contributed by atoms with E-state index in [1.54, 1.807) is 13.0 Å². The van der Waals surface area contributed by atoms with E-state index >= 15 is 0 Å². The van der Waals surface area contributed by atoms with Gasteiger partial charge >= 0.3 is 0 Å². The highest BCUT2D eigenvalue weighted by Crippen LogP contribution is 2.19. The average Bonchev–Trinajstić information content (AvgIpc) is 2.66. The van der Waals surface area contributed by atoms with Gasteiger partial charge in [-0.2, -0.15) is 0 Å². The van der Waals surface area contributed by atoms with Crippen molar-refractivity contribution < 1.29 is 9.50 Å². The molecule has 4 heteroatoms. The molecule has 0 aliphatic carbocycles. The Morgan fingerprint density at radius 2 is 2.31 bits per heavy atom. The zero-order valence-electron chi connectivity index (χ0n) is 8.85. The van der Waals surface area contributed by atoms with Crippen molar-refractivity contribution in [3.63, 3.8) is 0 Å². The number of aliphatic hydroxyl groups is 1. The summed E-state index contributed by atoms with van der Waals surface area (Å²) in [6.07, 6.45) is 0.0623. The molecular weight excluding hydrogens is 225 g/mol. The summed E-state index contributed by atoms with van der Waals surface area (Å²) in [5, 5.41) is 12.1. The van der Waals surface area contributed by atoms with Gasteiger partial charge in [0.15, 0.2) is 0 Å². The van der Waals surface area contributed by atoms with Gasteiger partial charge in [0.1, 0.15) is 5.82 Å². The van der Waals surface area contributed by atoms with Gasteiger partial charge in [0.2, 0.25) is 0 Å². The second-order valence-corrected chi connectivity index (χ2v) is 4.59. The lowest BCUT2D eigenvalue weighted by Gasteiger charge is -1.99. The number of aromatic nitrogens is 1. The minimum atomic E-state index is -0.544. The molecule has 0 amide bonds. The highest BCUT2D eigenvalue weighted by Gasteiger charge is 2.07. The molecule has 0 radical (unpaired) electrons. The van der Waals surface area contributed by atoms with Crippen molar-refractivity contribution in [3.05, 3.63) is 51.7 Å². The summed E-state index contributed by atoms with van der Waals surface area (Å²) in [5.74, 6) is -0.232. The molecule has 0 bridgehead atoms. The fraction of sp³-hybridized carbons (Fsp3) is 0.250. The van der Waals surface area contributed by atoms with Gasteiger partial charge in [-0.1, -0.05) is 12.1 Å². The molecule has 0 spiro atoms. The third-order valence-electron chi connectivity index (χ3n) is 2.24. The summed E-state index contributed by atoms with van der Waals surface area (Å²) in [4.78, 5) is 4.28. The monoisotopic (exact) mass is 237 g/mol. The van der Waals surface area contributed by atoms with E-state index in [0.29, 0.717) is 12.1 Å². The van der Waals surface area contributed by atoms with Gasteiger partial charge in [0.05, 0.1) is 16.8 Å². The van der Waals surface area contributed by atoms with Crippen LogP contribution in [0.3, 0.4) is 0 Å². The van der Waals surface area contributed by atoms with E-state index in [4.69, 9.17) is 0 Å². The second kappa shape index (κ2) is 4.72. The van der Waals surface area contributed by atoms with Gasteiger partial charge in [-0.15, -0.1) is 11.3 Å². The minimum absolute atomic E-state index is 0.232. The predicted molar refractivity (Wildman–Crippen MR) is 62.0 cm³/mol. The summed E-state index contributed by atoms with van der Waals surface area (Å²) in [5.41, 5.74) is 1.57. The van der Waals surface area contributed by atoms with Crippen molar-refractivity contribution in [2.75, 3.05) is 0 Å². The van der Waals surface area contributed by atoms with Crippen molar-refractivity contribution in [3.8, 4) is 0 Å². The first-order chi connectivity index (χ1) is 7.65. The van der Waals surface area contributed by atoms with Crippen LogP contribution in [0.2, 0.25) is 0 Å². The van der Waals surface area contributed by atoms with Crippen molar-refractivity contribution >= 4 is 11.3 Å². The molecule has 0 aliphatic rings. The van der Waals surface area contributed by atoms with Crippen LogP contribution in [-0.2, 0) is 6.42 Å². The number of aliphatic hydroxyl groups excluding tert-OH is 1. The highest BCUT2D eigenvalue weighted by molar-refractivity contribution is 7.09. The molecule has 16 heavy (non-hydrogen) atoms. The summed E-state index contributed by atoms with van der Waals surface area (Å²) in [6.45, 7) is 1.68. The minimum Gasteiger partial charge on any atom is -0.387 e. The lowest BCUT2D eigenvalue weighted by molar-refractivity contribution is 0.195.